The summed E-state index contributed by atoms with van der Waals surface area (Å²) in [6.45, 7) is 1.90. The van der Waals surface area contributed by atoms with Gasteiger partial charge in [0.15, 0.2) is 15.7 Å². The molecule has 1 N–H and O–H groups in total. The van der Waals surface area contributed by atoms with Crippen LogP contribution >= 0.6 is 0 Å². The second kappa shape index (κ2) is 8.65. The second-order valence-corrected chi connectivity index (χ2v) is 9.07. The van der Waals surface area contributed by atoms with Gasteiger partial charge < -0.3 is 9.84 Å². The first-order valence-corrected chi connectivity index (χ1v) is 11.0. The monoisotopic (exact) mass is 391 g/mol. The van der Waals surface area contributed by atoms with Gasteiger partial charge >= 0.3 is 0 Å². The number of carbonyl (C=O) groups is 1. The van der Waals surface area contributed by atoms with Crippen LogP contribution in [0, 0.1) is 6.92 Å². The minimum absolute atomic E-state index is 0.0334. The van der Waals surface area contributed by atoms with Gasteiger partial charge in [0.1, 0.15) is 5.75 Å². The van der Waals surface area contributed by atoms with E-state index in [0.717, 1.165) is 31.2 Å². The summed E-state index contributed by atoms with van der Waals surface area (Å²) in [5.74, 6) is 0.0310. The van der Waals surface area contributed by atoms with Crippen LogP contribution < -0.4 is 5.32 Å². The van der Waals surface area contributed by atoms with Crippen LogP contribution in [0.25, 0.3) is 0 Å². The number of aryl methyl sites for hydroxylation is 2. The molecule has 0 spiro atoms. The number of rotatable bonds is 7. The van der Waals surface area contributed by atoms with Crippen molar-refractivity contribution in [3.8, 4) is 0 Å². The fourth-order valence-corrected chi connectivity index (χ4v) is 4.39. The van der Waals surface area contributed by atoms with Crippen molar-refractivity contribution in [2.24, 2.45) is 0 Å². The molecular formula is C19H25N3O4S. The van der Waals surface area contributed by atoms with Crippen molar-refractivity contribution in [1.82, 2.24) is 15.5 Å². The van der Waals surface area contributed by atoms with Crippen molar-refractivity contribution in [2.75, 3.05) is 0 Å². The molecule has 1 aliphatic carbocycles. The molecule has 0 saturated heterocycles. The molecule has 1 aromatic carbocycles. The number of benzene rings is 1. The number of sulfone groups is 1. The van der Waals surface area contributed by atoms with E-state index in [2.05, 4.69) is 15.5 Å². The Balaban J connectivity index is 1.52. The van der Waals surface area contributed by atoms with E-state index < -0.39 is 9.84 Å². The lowest BCUT2D eigenvalue weighted by Crippen LogP contribution is -2.36. The lowest BCUT2D eigenvalue weighted by molar-refractivity contribution is -0.122. The molecule has 1 aliphatic rings. The Hall–Kier alpha value is -2.22. The normalized spacial score (nSPS) is 15.6. The van der Waals surface area contributed by atoms with Crippen molar-refractivity contribution in [2.45, 2.75) is 68.6 Å². The van der Waals surface area contributed by atoms with Crippen molar-refractivity contribution < 1.29 is 17.7 Å². The molecule has 1 fully saturated rings. The van der Waals surface area contributed by atoms with Gasteiger partial charge in [0, 0.05) is 18.9 Å². The van der Waals surface area contributed by atoms with Crippen LogP contribution in [-0.4, -0.2) is 30.5 Å². The summed E-state index contributed by atoms with van der Waals surface area (Å²) in [6.07, 6.45) is 6.18. The first-order valence-electron chi connectivity index (χ1n) is 9.32. The highest BCUT2D eigenvalue weighted by atomic mass is 32.2. The molecule has 146 valence electrons. The van der Waals surface area contributed by atoms with E-state index in [1.54, 1.807) is 24.3 Å². The number of hydrogen-bond donors (Lipinski definition) is 1. The first-order chi connectivity index (χ1) is 12.9. The van der Waals surface area contributed by atoms with Crippen molar-refractivity contribution in [3.05, 3.63) is 41.5 Å². The fourth-order valence-electron chi connectivity index (χ4n) is 3.22. The molecule has 0 unspecified atom stereocenters. The van der Waals surface area contributed by atoms with Gasteiger partial charge in [-0.1, -0.05) is 42.1 Å². The maximum atomic E-state index is 12.4. The number of hydrogen-bond acceptors (Lipinski definition) is 6. The van der Waals surface area contributed by atoms with Crippen molar-refractivity contribution in [1.29, 1.82) is 0 Å². The van der Waals surface area contributed by atoms with Gasteiger partial charge in [-0.05, 0) is 31.9 Å². The fraction of sp³-hybridized carbons (Fsp3) is 0.526. The summed E-state index contributed by atoms with van der Waals surface area (Å²) < 4.78 is 29.9. The third-order valence-electron chi connectivity index (χ3n) is 4.75. The van der Waals surface area contributed by atoms with Gasteiger partial charge in [-0.15, -0.1) is 0 Å². The third-order valence-corrected chi connectivity index (χ3v) is 6.37. The van der Waals surface area contributed by atoms with E-state index in [1.165, 1.54) is 6.42 Å². The largest absolute Gasteiger partial charge is 0.353 e. The van der Waals surface area contributed by atoms with E-state index in [4.69, 9.17) is 4.52 Å². The quantitative estimate of drug-likeness (QED) is 0.778. The summed E-state index contributed by atoms with van der Waals surface area (Å²) in [5, 5.41) is 6.78. The van der Waals surface area contributed by atoms with E-state index >= 15 is 0 Å². The molecule has 1 amide bonds. The summed E-state index contributed by atoms with van der Waals surface area (Å²) >= 11 is 0. The van der Waals surface area contributed by atoms with Crippen LogP contribution in [0.3, 0.4) is 0 Å². The predicted octanol–water partition coefficient (Wildman–Crippen LogP) is 2.73. The van der Waals surface area contributed by atoms with Gasteiger partial charge in [0.05, 0.1) is 4.90 Å². The molecule has 8 heteroatoms. The molecule has 2 aromatic rings. The number of carbonyl (C=O) groups excluding carboxylic acids is 1. The molecule has 7 nitrogen and oxygen atoms in total. The molecule has 0 bridgehead atoms. The molecule has 0 aliphatic heterocycles. The SMILES string of the molecule is Cc1ccc(S(=O)(=O)Cc2noc(CCC(=O)NC3CCCCC3)n2)cc1. The van der Waals surface area contributed by atoms with Gasteiger partial charge in [-0.3, -0.25) is 4.79 Å². The maximum absolute atomic E-state index is 12.4. The Kier molecular flexibility index (Phi) is 6.26. The number of nitrogens with one attached hydrogen (secondary N) is 1. The van der Waals surface area contributed by atoms with Crippen LogP contribution in [0.15, 0.2) is 33.7 Å². The molecule has 1 saturated carbocycles. The molecule has 1 aromatic heterocycles. The van der Waals surface area contributed by atoms with Gasteiger partial charge in [-0.25, -0.2) is 8.42 Å². The molecule has 0 atom stereocenters. The number of aromatic nitrogens is 2. The van der Waals surface area contributed by atoms with E-state index in [-0.39, 0.29) is 40.7 Å². The highest BCUT2D eigenvalue weighted by Gasteiger charge is 2.20. The Morgan fingerprint density at radius 2 is 1.89 bits per heavy atom. The summed E-state index contributed by atoms with van der Waals surface area (Å²) in [5.41, 5.74) is 0.988. The standard InChI is InChI=1S/C19H25N3O4S/c1-14-7-9-16(10-8-14)27(24,25)13-17-21-19(26-22-17)12-11-18(23)20-15-5-3-2-4-6-15/h7-10,15H,2-6,11-13H2,1H3,(H,20,23). The van der Waals surface area contributed by atoms with Crippen LogP contribution in [0.5, 0.6) is 0 Å². The van der Waals surface area contributed by atoms with Gasteiger partial charge in [0.25, 0.3) is 0 Å². The highest BCUT2D eigenvalue weighted by Crippen LogP contribution is 2.18. The molecule has 3 rings (SSSR count). The Morgan fingerprint density at radius 3 is 2.59 bits per heavy atom. The minimum atomic E-state index is -3.53. The molecule has 0 radical (unpaired) electrons. The van der Waals surface area contributed by atoms with Crippen LogP contribution in [0.1, 0.15) is 55.8 Å². The lowest BCUT2D eigenvalue weighted by Gasteiger charge is -2.22. The maximum Gasteiger partial charge on any atom is 0.227 e. The van der Waals surface area contributed by atoms with Crippen LogP contribution in [-0.2, 0) is 26.8 Å². The minimum Gasteiger partial charge on any atom is -0.353 e. The predicted molar refractivity (Wildman–Crippen MR) is 99.7 cm³/mol. The third kappa shape index (κ3) is 5.63. The smallest absolute Gasteiger partial charge is 0.227 e. The van der Waals surface area contributed by atoms with E-state index in [1.807, 2.05) is 6.92 Å². The van der Waals surface area contributed by atoms with Crippen LogP contribution in [0.4, 0.5) is 0 Å². The summed E-state index contributed by atoms with van der Waals surface area (Å²) in [7, 11) is -3.53. The van der Waals surface area contributed by atoms with Crippen molar-refractivity contribution >= 4 is 15.7 Å². The number of nitrogens with zero attached hydrogens (tertiary/aromatic N) is 2. The first kappa shape index (κ1) is 19.5. The average molecular weight is 391 g/mol. The van der Waals surface area contributed by atoms with Crippen molar-refractivity contribution in [3.63, 3.8) is 0 Å². The summed E-state index contributed by atoms with van der Waals surface area (Å²) in [6, 6.07) is 6.91. The molecule has 1 heterocycles. The van der Waals surface area contributed by atoms with E-state index in [9.17, 15) is 13.2 Å². The molecular weight excluding hydrogens is 366 g/mol. The Labute approximate surface area is 159 Å². The summed E-state index contributed by atoms with van der Waals surface area (Å²) in [4.78, 5) is 16.4. The zero-order valence-electron chi connectivity index (χ0n) is 15.5. The topological polar surface area (TPSA) is 102 Å². The van der Waals surface area contributed by atoms with Gasteiger partial charge in [0.2, 0.25) is 11.8 Å². The zero-order valence-corrected chi connectivity index (χ0v) is 16.3. The lowest BCUT2D eigenvalue weighted by atomic mass is 9.95. The average Bonchev–Trinajstić information content (AvgIpc) is 3.08. The molecule has 27 heavy (non-hydrogen) atoms. The van der Waals surface area contributed by atoms with E-state index in [0.29, 0.717) is 6.42 Å². The van der Waals surface area contributed by atoms with Crippen LogP contribution in [0.2, 0.25) is 0 Å². The highest BCUT2D eigenvalue weighted by molar-refractivity contribution is 7.90. The zero-order chi connectivity index (χ0) is 19.3. The Morgan fingerprint density at radius 1 is 1.19 bits per heavy atom. The number of amides is 1. The Bertz CT molecular complexity index is 869. The van der Waals surface area contributed by atoms with Gasteiger partial charge in [-0.2, -0.15) is 4.98 Å². The second-order valence-electron chi connectivity index (χ2n) is 7.08.